The average molecular weight is 301 g/mol. The van der Waals surface area contributed by atoms with Gasteiger partial charge < -0.3 is 9.80 Å². The van der Waals surface area contributed by atoms with Crippen LogP contribution in [0.2, 0.25) is 0 Å². The molecule has 2 unspecified atom stereocenters. The Hall–Kier alpha value is -1.58. The van der Waals surface area contributed by atoms with Gasteiger partial charge in [-0.25, -0.2) is 4.98 Å². The minimum Gasteiger partial charge on any atom is -0.362 e. The molecule has 22 heavy (non-hydrogen) atoms. The lowest BCUT2D eigenvalue weighted by Gasteiger charge is -2.39. The summed E-state index contributed by atoms with van der Waals surface area (Å²) in [6.45, 7) is 7.88. The van der Waals surface area contributed by atoms with Gasteiger partial charge in [0.25, 0.3) is 5.91 Å². The molecule has 2 bridgehead atoms. The van der Waals surface area contributed by atoms with Crippen molar-refractivity contribution in [3.05, 3.63) is 23.9 Å². The Bertz CT molecular complexity index is 596. The summed E-state index contributed by atoms with van der Waals surface area (Å²) >= 11 is 0. The van der Waals surface area contributed by atoms with Gasteiger partial charge in [0.05, 0.1) is 5.56 Å². The van der Waals surface area contributed by atoms with E-state index in [9.17, 15) is 4.79 Å². The molecule has 1 aromatic heterocycles. The summed E-state index contributed by atoms with van der Waals surface area (Å²) < 4.78 is 0. The van der Waals surface area contributed by atoms with Gasteiger partial charge in [-0.2, -0.15) is 0 Å². The van der Waals surface area contributed by atoms with Gasteiger partial charge >= 0.3 is 0 Å². The maximum Gasteiger partial charge on any atom is 0.257 e. The Kier molecular flexibility index (Phi) is 3.46. The van der Waals surface area contributed by atoms with Crippen molar-refractivity contribution >= 4 is 11.7 Å². The zero-order chi connectivity index (χ0) is 16.1. The number of hydrogen-bond donors (Lipinski definition) is 0. The second kappa shape index (κ2) is 4.97. The van der Waals surface area contributed by atoms with Gasteiger partial charge in [-0.1, -0.05) is 20.8 Å². The number of carbonyl (C=O) groups is 1. The molecular formula is C18H27N3O. The summed E-state index contributed by atoms with van der Waals surface area (Å²) in [6, 6.07) is 4.13. The fourth-order valence-electron chi connectivity index (χ4n) is 4.77. The van der Waals surface area contributed by atoms with Gasteiger partial charge in [-0.15, -0.1) is 0 Å². The van der Waals surface area contributed by atoms with Crippen LogP contribution in [0.15, 0.2) is 18.3 Å². The molecule has 0 radical (unpaired) electrons. The Morgan fingerprint density at radius 1 is 1.32 bits per heavy atom. The number of rotatable bonds is 2. The molecule has 2 aliphatic rings. The number of nitrogens with zero attached hydrogens (tertiary/aromatic N) is 3. The molecule has 2 fully saturated rings. The largest absolute Gasteiger partial charge is 0.362 e. The van der Waals surface area contributed by atoms with Crippen molar-refractivity contribution in [2.75, 3.05) is 25.5 Å². The molecule has 1 aliphatic carbocycles. The Labute approximate surface area is 133 Å². The zero-order valence-corrected chi connectivity index (χ0v) is 14.4. The highest BCUT2D eigenvalue weighted by atomic mass is 16.2. The highest BCUT2D eigenvalue weighted by molar-refractivity contribution is 5.99. The van der Waals surface area contributed by atoms with Gasteiger partial charge in [0.2, 0.25) is 0 Å². The minimum atomic E-state index is 0.142. The Morgan fingerprint density at radius 3 is 2.73 bits per heavy atom. The molecule has 3 rings (SSSR count). The molecule has 1 aliphatic heterocycles. The lowest BCUT2D eigenvalue weighted by Crippen LogP contribution is -2.38. The lowest BCUT2D eigenvalue weighted by atomic mass is 9.65. The van der Waals surface area contributed by atoms with Crippen molar-refractivity contribution in [3.8, 4) is 0 Å². The second-order valence-corrected chi connectivity index (χ2v) is 8.42. The number of fused-ring (bicyclic) bond motifs is 2. The first kappa shape index (κ1) is 15.3. The van der Waals surface area contributed by atoms with Gasteiger partial charge in [-0.3, -0.25) is 4.79 Å². The van der Waals surface area contributed by atoms with Crippen LogP contribution in [0.4, 0.5) is 5.82 Å². The predicted molar refractivity (Wildman–Crippen MR) is 89.1 cm³/mol. The molecule has 120 valence electrons. The molecular weight excluding hydrogens is 274 g/mol. The molecule has 4 heteroatoms. The quantitative estimate of drug-likeness (QED) is 0.842. The predicted octanol–water partition coefficient (Wildman–Crippen LogP) is 3.19. The number of hydrogen-bond acceptors (Lipinski definition) is 3. The minimum absolute atomic E-state index is 0.142. The van der Waals surface area contributed by atoms with E-state index in [1.165, 1.54) is 6.42 Å². The highest BCUT2D eigenvalue weighted by Gasteiger charge is 2.51. The average Bonchev–Trinajstić information content (AvgIpc) is 2.67. The van der Waals surface area contributed by atoms with Gasteiger partial charge in [0.1, 0.15) is 5.82 Å². The first-order chi connectivity index (χ1) is 10.2. The van der Waals surface area contributed by atoms with Crippen molar-refractivity contribution in [2.24, 2.45) is 10.8 Å². The molecule has 0 spiro atoms. The number of anilines is 1. The molecule has 0 aromatic carbocycles. The molecule has 1 saturated heterocycles. The third kappa shape index (κ3) is 2.59. The molecule has 2 atom stereocenters. The molecule has 2 heterocycles. The molecule has 1 amide bonds. The van der Waals surface area contributed by atoms with Crippen LogP contribution in [0.1, 0.15) is 50.4 Å². The van der Waals surface area contributed by atoms with Crippen LogP contribution < -0.4 is 4.90 Å². The smallest absolute Gasteiger partial charge is 0.257 e. The number of carbonyl (C=O) groups excluding carboxylic acids is 1. The van der Waals surface area contributed by atoms with Crippen molar-refractivity contribution in [2.45, 2.75) is 46.1 Å². The Morgan fingerprint density at radius 2 is 2.05 bits per heavy atom. The van der Waals surface area contributed by atoms with E-state index in [-0.39, 0.29) is 11.3 Å². The second-order valence-electron chi connectivity index (χ2n) is 8.42. The fourth-order valence-corrected chi connectivity index (χ4v) is 4.77. The van der Waals surface area contributed by atoms with Crippen LogP contribution in [-0.2, 0) is 0 Å². The van der Waals surface area contributed by atoms with Crippen molar-refractivity contribution in [1.29, 1.82) is 0 Å². The van der Waals surface area contributed by atoms with Crippen molar-refractivity contribution in [1.82, 2.24) is 9.88 Å². The standard InChI is InChI=1S/C18H27N3O/c1-17(2)9-13-10-18(3,11-17)12-21(13)16(22)14-7-6-8-19-15(14)20(4)5/h6-8,13H,9-12H2,1-5H3. The van der Waals surface area contributed by atoms with E-state index in [0.717, 1.165) is 30.8 Å². The summed E-state index contributed by atoms with van der Waals surface area (Å²) in [7, 11) is 3.87. The number of amides is 1. The summed E-state index contributed by atoms with van der Waals surface area (Å²) in [5.74, 6) is 0.904. The molecule has 1 saturated carbocycles. The summed E-state index contributed by atoms with van der Waals surface area (Å²) in [5, 5.41) is 0. The maximum absolute atomic E-state index is 13.1. The van der Waals surface area contributed by atoms with E-state index in [1.807, 2.05) is 31.1 Å². The number of aromatic nitrogens is 1. The van der Waals surface area contributed by atoms with Crippen molar-refractivity contribution < 1.29 is 4.79 Å². The van der Waals surface area contributed by atoms with E-state index in [1.54, 1.807) is 6.20 Å². The van der Waals surface area contributed by atoms with E-state index in [2.05, 4.69) is 30.7 Å². The number of pyridine rings is 1. The first-order valence-electron chi connectivity index (χ1n) is 8.14. The summed E-state index contributed by atoms with van der Waals surface area (Å²) in [6.07, 6.45) is 5.19. The van der Waals surface area contributed by atoms with E-state index >= 15 is 0 Å². The summed E-state index contributed by atoms with van der Waals surface area (Å²) in [5.41, 5.74) is 1.32. The maximum atomic E-state index is 13.1. The first-order valence-corrected chi connectivity index (χ1v) is 8.14. The van der Waals surface area contributed by atoms with Crippen LogP contribution in [-0.4, -0.2) is 42.5 Å². The molecule has 0 N–H and O–H groups in total. The van der Waals surface area contributed by atoms with Crippen LogP contribution >= 0.6 is 0 Å². The topological polar surface area (TPSA) is 36.4 Å². The molecule has 4 nitrogen and oxygen atoms in total. The van der Waals surface area contributed by atoms with E-state index < -0.39 is 0 Å². The van der Waals surface area contributed by atoms with Gasteiger partial charge in [0.15, 0.2) is 0 Å². The monoisotopic (exact) mass is 301 g/mol. The van der Waals surface area contributed by atoms with Crippen LogP contribution in [0, 0.1) is 10.8 Å². The normalized spacial score (nSPS) is 29.5. The molecule has 1 aromatic rings. The lowest BCUT2D eigenvalue weighted by molar-refractivity contribution is 0.0708. The van der Waals surface area contributed by atoms with E-state index in [4.69, 9.17) is 0 Å². The number of likely N-dealkylation sites (tertiary alicyclic amines) is 1. The van der Waals surface area contributed by atoms with Crippen LogP contribution in [0.3, 0.4) is 0 Å². The van der Waals surface area contributed by atoms with E-state index in [0.29, 0.717) is 11.5 Å². The van der Waals surface area contributed by atoms with Gasteiger partial charge in [-0.05, 0) is 42.2 Å². The SMILES string of the molecule is CN(C)c1ncccc1C(=O)N1CC2(C)CC1CC(C)(C)C2. The van der Waals surface area contributed by atoms with Crippen LogP contribution in [0.5, 0.6) is 0 Å². The highest BCUT2D eigenvalue weighted by Crippen LogP contribution is 2.52. The third-order valence-electron chi connectivity index (χ3n) is 5.12. The van der Waals surface area contributed by atoms with Crippen molar-refractivity contribution in [3.63, 3.8) is 0 Å². The van der Waals surface area contributed by atoms with Gasteiger partial charge in [0, 0.05) is 32.9 Å². The summed E-state index contributed by atoms with van der Waals surface area (Å²) in [4.78, 5) is 21.5. The van der Waals surface area contributed by atoms with Crippen LogP contribution in [0.25, 0.3) is 0 Å². The zero-order valence-electron chi connectivity index (χ0n) is 14.4. The Balaban J connectivity index is 1.91. The fraction of sp³-hybridized carbons (Fsp3) is 0.667. The third-order valence-corrected chi connectivity index (χ3v) is 5.12.